The van der Waals surface area contributed by atoms with Gasteiger partial charge >= 0.3 is 5.97 Å². The van der Waals surface area contributed by atoms with Gasteiger partial charge in [0.15, 0.2) is 29.8 Å². The Hall–Kier alpha value is -5.79. The highest BCUT2D eigenvalue weighted by Gasteiger charge is 2.53. The zero-order valence-corrected chi connectivity index (χ0v) is 28.8. The zero-order valence-electron chi connectivity index (χ0n) is 27.2. The van der Waals surface area contributed by atoms with Crippen LogP contribution in [-0.4, -0.2) is 77.6 Å². The third-order valence-corrected chi connectivity index (χ3v) is 10.3. The summed E-state index contributed by atoms with van der Waals surface area (Å²) in [6.45, 7) is 3.24. The first kappa shape index (κ1) is 35.1. The van der Waals surface area contributed by atoms with Gasteiger partial charge in [0.2, 0.25) is 5.60 Å². The number of hydrogen-bond acceptors (Lipinski definition) is 13. The van der Waals surface area contributed by atoms with Gasteiger partial charge in [-0.25, -0.2) is 20.2 Å². The number of amides is 2. The van der Waals surface area contributed by atoms with Gasteiger partial charge in [-0.1, -0.05) is 29.4 Å². The molecule has 4 aromatic rings. The quantitative estimate of drug-likeness (QED) is 0.0269. The topological polar surface area (TPSA) is 258 Å². The van der Waals surface area contributed by atoms with Crippen molar-refractivity contribution < 1.29 is 38.8 Å². The molecule has 19 heteroatoms. The van der Waals surface area contributed by atoms with Crippen LogP contribution >= 0.6 is 23.1 Å². The van der Waals surface area contributed by atoms with E-state index < -0.39 is 46.5 Å². The molecule has 0 spiro atoms. The van der Waals surface area contributed by atoms with E-state index in [0.29, 0.717) is 17.7 Å². The molecule has 1 aromatic carbocycles. The molecule has 2 atom stereocenters. The molecule has 17 nitrogen and oxygen atoms in total. The van der Waals surface area contributed by atoms with E-state index in [4.69, 9.17) is 21.8 Å². The van der Waals surface area contributed by atoms with Crippen LogP contribution < -0.4 is 32.0 Å². The van der Waals surface area contributed by atoms with Crippen LogP contribution in [0.1, 0.15) is 30.7 Å². The summed E-state index contributed by atoms with van der Waals surface area (Å²) in [5.74, 6) is 1.29. The van der Waals surface area contributed by atoms with Crippen molar-refractivity contribution in [2.75, 3.05) is 11.5 Å². The van der Waals surface area contributed by atoms with Crippen LogP contribution in [0.5, 0.6) is 0 Å². The number of amidine groups is 1. The number of oxime groups is 1. The van der Waals surface area contributed by atoms with E-state index in [2.05, 4.69) is 25.4 Å². The summed E-state index contributed by atoms with van der Waals surface area (Å²) in [6, 6.07) is 10.2. The Labute approximate surface area is 298 Å². The SMILES string of the molecule is CC(C)(O/N=C(\C(=O)N[C@@H]1C(=O)N2C(C(=O)[O-])=C(C[n+]3ccc4c(ccn4Cc4ccc(C(=N)NN)cc4)c3)CS[C@H]12)c1csc(N)n1)C(=O)O. The molecule has 8 N–H and O–H groups in total. The minimum absolute atomic E-state index is 0.00922. The number of carbonyl (C=O) groups excluding carboxylic acids is 3. The standard InChI is InChI=1S/C32H32N10O7S2/c1-32(2,30(47)48)49-39-22(20-15-51-31(34)36-20)26(43)37-23-27(44)42-24(29(45)46)19(14-50-28(23)42)13-40-9-8-21-18(12-40)7-10-41(21)11-16-3-5-17(6-4-16)25(33)38-35/h3-10,12,15,23,28H,11,13-14H2,1-2H3,(H8-,33,34,35,36,37,38,39,43,45,46,47,48)/t23-,28-/m1/s1. The molecule has 0 radical (unpaired) electrons. The van der Waals surface area contributed by atoms with E-state index in [-0.39, 0.29) is 34.7 Å². The number of nitrogens with two attached hydrogens (primary N) is 2. The fraction of sp³-hybridized carbons (Fsp3) is 0.250. The van der Waals surface area contributed by atoms with Gasteiger partial charge in [-0.15, -0.1) is 23.1 Å². The number of carboxylic acid groups (broad SMARTS) is 2. The molecule has 0 bridgehead atoms. The molecule has 1 saturated heterocycles. The predicted octanol–water partition coefficient (Wildman–Crippen LogP) is -0.508. The summed E-state index contributed by atoms with van der Waals surface area (Å²) in [7, 11) is 0. The molecular formula is C32H32N10O7S2. The zero-order chi connectivity index (χ0) is 36.6. The second kappa shape index (κ2) is 13.8. The number of thioether (sulfide) groups is 1. The lowest BCUT2D eigenvalue weighted by Crippen LogP contribution is -2.71. The maximum atomic E-state index is 13.4. The van der Waals surface area contributed by atoms with E-state index >= 15 is 0 Å². The number of aliphatic carboxylic acids is 2. The van der Waals surface area contributed by atoms with Crippen LogP contribution in [0, 0.1) is 5.41 Å². The van der Waals surface area contributed by atoms with Crippen molar-refractivity contribution in [3.63, 3.8) is 0 Å². The van der Waals surface area contributed by atoms with E-state index in [9.17, 15) is 29.4 Å². The molecule has 2 amide bonds. The number of rotatable bonds is 12. The number of benzene rings is 1. The maximum Gasteiger partial charge on any atom is 0.350 e. The molecule has 0 saturated carbocycles. The molecule has 51 heavy (non-hydrogen) atoms. The van der Waals surface area contributed by atoms with E-state index in [0.717, 1.165) is 32.7 Å². The first-order chi connectivity index (χ1) is 24.3. The van der Waals surface area contributed by atoms with Gasteiger partial charge in [0, 0.05) is 41.1 Å². The van der Waals surface area contributed by atoms with Crippen LogP contribution in [-0.2, 0) is 37.1 Å². The van der Waals surface area contributed by atoms with Crippen molar-refractivity contribution in [1.82, 2.24) is 25.2 Å². The lowest BCUT2D eigenvalue weighted by atomic mass is 10.0. The van der Waals surface area contributed by atoms with Gasteiger partial charge < -0.3 is 40.9 Å². The first-order valence-electron chi connectivity index (χ1n) is 15.3. The average Bonchev–Trinajstić information content (AvgIpc) is 3.72. The number of hydrazine groups is 1. The van der Waals surface area contributed by atoms with E-state index in [1.807, 2.05) is 59.6 Å². The second-order valence-electron chi connectivity index (χ2n) is 12.1. The lowest BCUT2D eigenvalue weighted by molar-refractivity contribution is -0.687. The smallest absolute Gasteiger partial charge is 0.350 e. The minimum Gasteiger partial charge on any atom is -0.543 e. The molecular weight excluding hydrogens is 701 g/mol. The summed E-state index contributed by atoms with van der Waals surface area (Å²) in [6.07, 6.45) is 5.67. The Kier molecular flexibility index (Phi) is 9.52. The number of nitrogens with one attached hydrogen (secondary N) is 3. The number of hydrogen-bond donors (Lipinski definition) is 6. The van der Waals surface area contributed by atoms with Crippen molar-refractivity contribution in [3.05, 3.63) is 88.5 Å². The van der Waals surface area contributed by atoms with Crippen molar-refractivity contribution >= 4 is 74.4 Å². The molecule has 3 aromatic heterocycles. The number of aromatic nitrogens is 3. The number of carboxylic acids is 2. The summed E-state index contributed by atoms with van der Waals surface area (Å²) in [4.78, 5) is 60.9. The van der Waals surface area contributed by atoms with Gasteiger partial charge in [-0.3, -0.25) is 19.9 Å². The number of β-lactam (4-membered cyclic amide) rings is 1. The third-order valence-electron chi connectivity index (χ3n) is 8.27. The molecule has 2 aliphatic heterocycles. The fourth-order valence-corrected chi connectivity index (χ4v) is 7.39. The maximum absolute atomic E-state index is 13.4. The Bertz CT molecular complexity index is 2140. The van der Waals surface area contributed by atoms with Gasteiger partial charge in [0.25, 0.3) is 11.8 Å². The van der Waals surface area contributed by atoms with Crippen LogP contribution in [0.15, 0.2) is 76.8 Å². The van der Waals surface area contributed by atoms with Crippen molar-refractivity contribution in [2.45, 2.75) is 44.0 Å². The largest absolute Gasteiger partial charge is 0.543 e. The highest BCUT2D eigenvalue weighted by atomic mass is 32.2. The minimum atomic E-state index is -1.78. The summed E-state index contributed by atoms with van der Waals surface area (Å²) >= 11 is 2.30. The summed E-state index contributed by atoms with van der Waals surface area (Å²) in [5.41, 5.74) is 8.72. The monoisotopic (exact) mass is 732 g/mol. The number of anilines is 1. The van der Waals surface area contributed by atoms with Gasteiger partial charge in [0.05, 0.1) is 22.6 Å². The molecule has 6 rings (SSSR count). The number of carbonyl (C=O) groups is 4. The normalized spacial score (nSPS) is 17.5. The Morgan fingerprint density at radius 2 is 1.98 bits per heavy atom. The lowest BCUT2D eigenvalue weighted by Gasteiger charge is -2.50. The molecule has 1 fully saturated rings. The van der Waals surface area contributed by atoms with Gasteiger partial charge in [-0.2, -0.15) is 0 Å². The van der Waals surface area contributed by atoms with Crippen molar-refractivity contribution in [3.8, 4) is 0 Å². The van der Waals surface area contributed by atoms with Crippen molar-refractivity contribution in [2.24, 2.45) is 11.0 Å². The molecule has 264 valence electrons. The van der Waals surface area contributed by atoms with Crippen molar-refractivity contribution in [1.29, 1.82) is 5.41 Å². The predicted molar refractivity (Wildman–Crippen MR) is 185 cm³/mol. The van der Waals surface area contributed by atoms with Crippen LogP contribution in [0.3, 0.4) is 0 Å². The van der Waals surface area contributed by atoms with Gasteiger partial charge in [0.1, 0.15) is 22.9 Å². The first-order valence-corrected chi connectivity index (χ1v) is 17.2. The Balaban J connectivity index is 1.17. The Morgan fingerprint density at radius 3 is 2.63 bits per heavy atom. The van der Waals surface area contributed by atoms with E-state index in [1.54, 1.807) is 0 Å². The second-order valence-corrected chi connectivity index (χ2v) is 14.1. The number of thiazole rings is 1. The van der Waals surface area contributed by atoms with E-state index in [1.165, 1.54) is 31.0 Å². The number of nitrogen functional groups attached to an aromatic ring is 1. The summed E-state index contributed by atoms with van der Waals surface area (Å²) < 4.78 is 3.90. The number of fused-ring (bicyclic) bond motifs is 2. The number of nitrogens with zero attached hydrogens (tertiary/aromatic N) is 5. The number of pyridine rings is 1. The van der Waals surface area contributed by atoms with Gasteiger partial charge in [-0.05, 0) is 25.5 Å². The van der Waals surface area contributed by atoms with Crippen LogP contribution in [0.2, 0.25) is 0 Å². The average molecular weight is 733 g/mol. The highest BCUT2D eigenvalue weighted by molar-refractivity contribution is 8.00. The highest BCUT2D eigenvalue weighted by Crippen LogP contribution is 2.40. The fourth-order valence-electron chi connectivity index (χ4n) is 5.51. The Morgan fingerprint density at radius 1 is 1.24 bits per heavy atom. The van der Waals surface area contributed by atoms with Crippen LogP contribution in [0.25, 0.3) is 10.9 Å². The molecule has 5 heterocycles. The van der Waals surface area contributed by atoms with Crippen LogP contribution in [0.4, 0.5) is 5.13 Å². The molecule has 0 unspecified atom stereocenters. The molecule has 2 aliphatic rings. The third kappa shape index (κ3) is 6.98. The molecule has 0 aliphatic carbocycles. The summed E-state index contributed by atoms with van der Waals surface area (Å²) in [5, 5.41) is 37.6.